The van der Waals surface area contributed by atoms with E-state index in [0.717, 1.165) is 6.54 Å². The number of fused-ring (bicyclic) bond motifs is 1. The van der Waals surface area contributed by atoms with Crippen molar-refractivity contribution in [2.24, 2.45) is 0 Å². The zero-order valence-electron chi connectivity index (χ0n) is 6.60. The van der Waals surface area contributed by atoms with Crippen LogP contribution in [0.5, 0.6) is 5.75 Å². The summed E-state index contributed by atoms with van der Waals surface area (Å²) in [7, 11) is 0. The Balaban J connectivity index is 2.57. The molecule has 0 spiro atoms. The van der Waals surface area contributed by atoms with Crippen LogP contribution in [0.15, 0.2) is 12.1 Å². The van der Waals surface area contributed by atoms with Crippen LogP contribution in [0.2, 0.25) is 0 Å². The Hall–Kier alpha value is -1.09. The maximum atomic E-state index is 13.1. The fraction of sp³-hybridized carbons (Fsp3) is 0.333. The number of hydrogen-bond acceptors (Lipinski definition) is 2. The summed E-state index contributed by atoms with van der Waals surface area (Å²) in [5.41, 5.74) is 1.37. The summed E-state index contributed by atoms with van der Waals surface area (Å²) < 4.78 is 13.1. The standard InChI is InChI=1S/C9H10FNO/c10-8-1-2-9(12)7-5-11-4-3-6(7)8/h1-2,11-12H,3-5H2. The molecule has 0 bridgehead atoms. The molecule has 1 aliphatic rings. The van der Waals surface area contributed by atoms with Crippen LogP contribution in [0.25, 0.3) is 0 Å². The Morgan fingerprint density at radius 1 is 1.33 bits per heavy atom. The smallest absolute Gasteiger partial charge is 0.127 e. The second-order valence-electron chi connectivity index (χ2n) is 2.95. The molecule has 64 valence electrons. The van der Waals surface area contributed by atoms with E-state index in [2.05, 4.69) is 5.32 Å². The summed E-state index contributed by atoms with van der Waals surface area (Å²) in [6, 6.07) is 2.72. The Labute approximate surface area is 70.0 Å². The lowest BCUT2D eigenvalue weighted by Gasteiger charge is -2.18. The van der Waals surface area contributed by atoms with Gasteiger partial charge in [-0.05, 0) is 30.7 Å². The van der Waals surface area contributed by atoms with Crippen LogP contribution in [-0.2, 0) is 13.0 Å². The molecule has 0 atom stereocenters. The van der Waals surface area contributed by atoms with Crippen LogP contribution in [-0.4, -0.2) is 11.7 Å². The lowest BCUT2D eigenvalue weighted by molar-refractivity contribution is 0.453. The molecule has 0 unspecified atom stereocenters. The number of aromatic hydroxyl groups is 1. The van der Waals surface area contributed by atoms with Gasteiger partial charge < -0.3 is 10.4 Å². The van der Waals surface area contributed by atoms with Gasteiger partial charge in [0.05, 0.1) is 0 Å². The Bertz CT molecular complexity index is 281. The Morgan fingerprint density at radius 3 is 2.92 bits per heavy atom. The normalized spacial score (nSPS) is 15.8. The van der Waals surface area contributed by atoms with E-state index in [1.165, 1.54) is 12.1 Å². The third kappa shape index (κ3) is 1.06. The summed E-state index contributed by atoms with van der Waals surface area (Å²) in [4.78, 5) is 0. The van der Waals surface area contributed by atoms with Crippen molar-refractivity contribution in [3.63, 3.8) is 0 Å². The van der Waals surface area contributed by atoms with Gasteiger partial charge in [-0.3, -0.25) is 0 Å². The van der Waals surface area contributed by atoms with Gasteiger partial charge in [0.2, 0.25) is 0 Å². The Kier molecular flexibility index (Phi) is 1.73. The van der Waals surface area contributed by atoms with Gasteiger partial charge in [-0.2, -0.15) is 0 Å². The van der Waals surface area contributed by atoms with E-state index in [-0.39, 0.29) is 11.6 Å². The second-order valence-corrected chi connectivity index (χ2v) is 2.95. The fourth-order valence-electron chi connectivity index (χ4n) is 1.55. The molecule has 2 nitrogen and oxygen atoms in total. The average Bonchev–Trinajstić information content (AvgIpc) is 2.12. The van der Waals surface area contributed by atoms with Crippen molar-refractivity contribution in [1.82, 2.24) is 5.32 Å². The van der Waals surface area contributed by atoms with E-state index in [9.17, 15) is 9.50 Å². The van der Waals surface area contributed by atoms with E-state index < -0.39 is 0 Å². The number of nitrogens with one attached hydrogen (secondary N) is 1. The number of rotatable bonds is 0. The predicted molar refractivity (Wildman–Crippen MR) is 43.5 cm³/mol. The molecular weight excluding hydrogens is 157 g/mol. The lowest BCUT2D eigenvalue weighted by atomic mass is 10.00. The van der Waals surface area contributed by atoms with Gasteiger partial charge in [-0.15, -0.1) is 0 Å². The molecule has 0 amide bonds. The summed E-state index contributed by atoms with van der Waals surface area (Å²) in [5, 5.41) is 12.5. The monoisotopic (exact) mass is 167 g/mol. The molecule has 12 heavy (non-hydrogen) atoms. The van der Waals surface area contributed by atoms with Gasteiger partial charge in [0.15, 0.2) is 0 Å². The molecule has 1 aliphatic heterocycles. The number of phenolic OH excluding ortho intramolecular Hbond substituents is 1. The SMILES string of the molecule is Oc1ccc(F)c2c1CNCC2. The highest BCUT2D eigenvalue weighted by Crippen LogP contribution is 2.25. The first-order chi connectivity index (χ1) is 5.79. The highest BCUT2D eigenvalue weighted by atomic mass is 19.1. The molecule has 1 aromatic carbocycles. The predicted octanol–water partition coefficient (Wildman–Crippen LogP) is 1.18. The van der Waals surface area contributed by atoms with Crippen molar-refractivity contribution < 1.29 is 9.50 Å². The van der Waals surface area contributed by atoms with Gasteiger partial charge >= 0.3 is 0 Å². The van der Waals surface area contributed by atoms with E-state index in [1.807, 2.05) is 0 Å². The highest BCUT2D eigenvalue weighted by Gasteiger charge is 2.15. The molecular formula is C9H10FNO. The van der Waals surface area contributed by atoms with Crippen molar-refractivity contribution in [3.05, 3.63) is 29.1 Å². The molecule has 3 heteroatoms. The quantitative estimate of drug-likeness (QED) is 0.608. The molecule has 2 rings (SSSR count). The van der Waals surface area contributed by atoms with Gasteiger partial charge in [0.25, 0.3) is 0 Å². The topological polar surface area (TPSA) is 32.3 Å². The van der Waals surface area contributed by atoms with Gasteiger partial charge in [-0.25, -0.2) is 4.39 Å². The summed E-state index contributed by atoms with van der Waals surface area (Å²) in [6.45, 7) is 1.35. The lowest BCUT2D eigenvalue weighted by Crippen LogP contribution is -2.24. The first-order valence-corrected chi connectivity index (χ1v) is 3.99. The number of phenols is 1. The van der Waals surface area contributed by atoms with Crippen molar-refractivity contribution in [2.45, 2.75) is 13.0 Å². The van der Waals surface area contributed by atoms with Crippen LogP contribution in [0, 0.1) is 5.82 Å². The molecule has 2 N–H and O–H groups in total. The van der Waals surface area contributed by atoms with Crippen molar-refractivity contribution in [2.75, 3.05) is 6.54 Å². The third-order valence-corrected chi connectivity index (χ3v) is 2.20. The Morgan fingerprint density at radius 2 is 2.17 bits per heavy atom. The number of halogens is 1. The minimum atomic E-state index is -0.204. The van der Waals surface area contributed by atoms with Crippen LogP contribution < -0.4 is 5.32 Å². The fourth-order valence-corrected chi connectivity index (χ4v) is 1.55. The van der Waals surface area contributed by atoms with E-state index >= 15 is 0 Å². The summed E-state index contributed by atoms with van der Waals surface area (Å²) >= 11 is 0. The van der Waals surface area contributed by atoms with Crippen LogP contribution in [0.1, 0.15) is 11.1 Å². The van der Waals surface area contributed by atoms with Crippen LogP contribution >= 0.6 is 0 Å². The summed E-state index contributed by atoms with van der Waals surface area (Å²) in [6.07, 6.45) is 0.662. The molecule has 0 saturated heterocycles. The first-order valence-electron chi connectivity index (χ1n) is 3.99. The molecule has 0 aromatic heterocycles. The average molecular weight is 167 g/mol. The zero-order valence-corrected chi connectivity index (χ0v) is 6.60. The number of benzene rings is 1. The van der Waals surface area contributed by atoms with Gasteiger partial charge in [-0.1, -0.05) is 0 Å². The molecule has 0 saturated carbocycles. The molecule has 0 aliphatic carbocycles. The third-order valence-electron chi connectivity index (χ3n) is 2.20. The second kappa shape index (κ2) is 2.75. The minimum absolute atomic E-state index is 0.193. The van der Waals surface area contributed by atoms with E-state index in [1.54, 1.807) is 0 Å². The maximum absolute atomic E-state index is 13.1. The molecule has 1 aromatic rings. The van der Waals surface area contributed by atoms with Crippen molar-refractivity contribution in [3.8, 4) is 5.75 Å². The number of hydrogen-bond donors (Lipinski definition) is 2. The first kappa shape index (κ1) is 7.55. The van der Waals surface area contributed by atoms with Crippen molar-refractivity contribution in [1.29, 1.82) is 0 Å². The highest BCUT2D eigenvalue weighted by molar-refractivity contribution is 5.41. The largest absolute Gasteiger partial charge is 0.508 e. The van der Waals surface area contributed by atoms with Gasteiger partial charge in [0.1, 0.15) is 11.6 Å². The van der Waals surface area contributed by atoms with Crippen LogP contribution in [0.3, 0.4) is 0 Å². The summed E-state index contributed by atoms with van der Waals surface area (Å²) in [5.74, 6) is -0.0112. The maximum Gasteiger partial charge on any atom is 0.127 e. The molecule has 1 heterocycles. The van der Waals surface area contributed by atoms with E-state index in [0.29, 0.717) is 24.1 Å². The minimum Gasteiger partial charge on any atom is -0.508 e. The molecule has 0 fully saturated rings. The zero-order chi connectivity index (χ0) is 8.55. The van der Waals surface area contributed by atoms with E-state index in [4.69, 9.17) is 0 Å². The molecule has 0 radical (unpaired) electrons. The van der Waals surface area contributed by atoms with Gasteiger partial charge in [0, 0.05) is 12.1 Å². The van der Waals surface area contributed by atoms with Crippen LogP contribution in [0.4, 0.5) is 4.39 Å². The van der Waals surface area contributed by atoms with Crippen molar-refractivity contribution >= 4 is 0 Å².